The van der Waals surface area contributed by atoms with E-state index in [4.69, 9.17) is 0 Å². The van der Waals surface area contributed by atoms with Crippen molar-refractivity contribution in [1.29, 1.82) is 0 Å². The van der Waals surface area contributed by atoms with E-state index in [0.717, 1.165) is 44.9 Å². The second kappa shape index (κ2) is 49.2. The minimum absolute atomic E-state index is 0.379. The van der Waals surface area contributed by atoms with Crippen LogP contribution >= 0.6 is 0 Å². The molecule has 3 unspecified atom stereocenters. The smallest absolute Gasteiger partial charge is 0.249 e. The van der Waals surface area contributed by atoms with Crippen molar-refractivity contribution in [2.75, 3.05) is 6.61 Å². The Balaban J connectivity index is 3.66. The molecule has 59 heavy (non-hydrogen) atoms. The third-order valence-electron chi connectivity index (χ3n) is 12.2. The predicted molar refractivity (Wildman–Crippen MR) is 259 cm³/mol. The number of nitrogens with one attached hydrogen (secondary N) is 1. The molecule has 0 saturated heterocycles. The van der Waals surface area contributed by atoms with Crippen LogP contribution in [-0.2, 0) is 4.79 Å². The van der Waals surface area contributed by atoms with E-state index in [1.165, 1.54) is 212 Å². The maximum atomic E-state index is 12.5. The summed E-state index contributed by atoms with van der Waals surface area (Å²) in [5, 5.41) is 33.3. The maximum absolute atomic E-state index is 12.5. The second-order valence-electron chi connectivity index (χ2n) is 18.1. The van der Waals surface area contributed by atoms with Crippen molar-refractivity contribution in [2.24, 2.45) is 0 Å². The molecule has 0 aromatic heterocycles. The van der Waals surface area contributed by atoms with E-state index >= 15 is 0 Å². The van der Waals surface area contributed by atoms with Gasteiger partial charge in [-0.3, -0.25) is 4.79 Å². The predicted octanol–water partition coefficient (Wildman–Crippen LogP) is 15.9. The van der Waals surface area contributed by atoms with Gasteiger partial charge in [-0.05, 0) is 44.9 Å². The molecule has 0 aliphatic carbocycles. The number of amides is 1. The van der Waals surface area contributed by atoms with Crippen molar-refractivity contribution in [2.45, 2.75) is 295 Å². The van der Waals surface area contributed by atoms with Gasteiger partial charge in [-0.2, -0.15) is 0 Å². The van der Waals surface area contributed by atoms with Gasteiger partial charge >= 0.3 is 0 Å². The van der Waals surface area contributed by atoms with Crippen LogP contribution in [0.15, 0.2) is 36.5 Å². The Bertz CT molecular complexity index is 916. The molecule has 5 heteroatoms. The number of carbonyl (C=O) groups excluding carboxylic acids is 1. The van der Waals surface area contributed by atoms with Crippen LogP contribution in [0.4, 0.5) is 0 Å². The number of rotatable bonds is 48. The van der Waals surface area contributed by atoms with E-state index in [2.05, 4.69) is 43.5 Å². The van der Waals surface area contributed by atoms with E-state index in [0.29, 0.717) is 6.42 Å². The number of hydrogen-bond acceptors (Lipinski definition) is 4. The molecule has 0 radical (unpaired) electrons. The first kappa shape index (κ1) is 57.6. The van der Waals surface area contributed by atoms with Gasteiger partial charge in [-0.25, -0.2) is 0 Å². The Hall–Kier alpha value is -1.43. The highest BCUT2D eigenvalue weighted by molar-refractivity contribution is 5.80. The summed E-state index contributed by atoms with van der Waals surface area (Å²) in [6, 6.07) is -0.819. The molecule has 0 saturated carbocycles. The molecule has 0 aliphatic rings. The Morgan fingerprint density at radius 3 is 1.03 bits per heavy atom. The van der Waals surface area contributed by atoms with Crippen molar-refractivity contribution in [1.82, 2.24) is 5.32 Å². The standard InChI is InChI=1S/C54H103NO4/c1-3-5-7-9-11-13-15-17-19-21-23-25-26-27-28-29-31-32-34-36-38-40-42-44-46-48-52(57)51(50-56)55-54(59)53(58)49-47-45-43-41-39-37-35-33-30-24-22-20-18-16-14-12-10-8-6-4-2/h31-32,38,40,46,48,51-53,56-58H,3-30,33-37,39,41-45,47,49-50H2,1-2H3,(H,55,59)/b32-31+,40-38+,48-46+. The molecule has 0 aromatic rings. The molecule has 0 spiro atoms. The van der Waals surface area contributed by atoms with Gasteiger partial charge in [0.2, 0.25) is 5.91 Å². The molecule has 0 bridgehead atoms. The number of aliphatic hydroxyl groups excluding tert-OH is 3. The minimum atomic E-state index is -1.11. The fourth-order valence-electron chi connectivity index (χ4n) is 8.10. The number of allylic oxidation sites excluding steroid dienone is 5. The quantitative estimate of drug-likeness (QED) is 0.0363. The molecule has 348 valence electrons. The molecule has 0 aliphatic heterocycles. The number of aliphatic hydroxyl groups is 3. The number of hydrogen-bond donors (Lipinski definition) is 4. The summed E-state index contributed by atoms with van der Waals surface area (Å²) in [6.07, 6.45) is 63.5. The van der Waals surface area contributed by atoms with Gasteiger partial charge in [0, 0.05) is 0 Å². The molecule has 1 amide bonds. The van der Waals surface area contributed by atoms with Crippen LogP contribution in [-0.4, -0.2) is 46.1 Å². The van der Waals surface area contributed by atoms with Crippen molar-refractivity contribution in [3.05, 3.63) is 36.5 Å². The summed E-state index contributed by atoms with van der Waals surface area (Å²) >= 11 is 0. The van der Waals surface area contributed by atoms with E-state index in [-0.39, 0.29) is 6.61 Å². The fraction of sp³-hybridized carbons (Fsp3) is 0.870. The van der Waals surface area contributed by atoms with E-state index in [1.54, 1.807) is 6.08 Å². The summed E-state index contributed by atoms with van der Waals surface area (Å²) in [6.45, 7) is 4.19. The summed E-state index contributed by atoms with van der Waals surface area (Å²) in [7, 11) is 0. The lowest BCUT2D eigenvalue weighted by atomic mass is 10.0. The Kier molecular flexibility index (Phi) is 48.0. The molecular weight excluding hydrogens is 727 g/mol. The van der Waals surface area contributed by atoms with Crippen LogP contribution < -0.4 is 5.32 Å². The minimum Gasteiger partial charge on any atom is -0.394 e. The normalized spacial score (nSPS) is 13.6. The third kappa shape index (κ3) is 44.4. The largest absolute Gasteiger partial charge is 0.394 e. The van der Waals surface area contributed by atoms with E-state index in [1.807, 2.05) is 6.08 Å². The molecule has 5 nitrogen and oxygen atoms in total. The van der Waals surface area contributed by atoms with Crippen LogP contribution in [0.3, 0.4) is 0 Å². The first-order chi connectivity index (χ1) is 29.1. The lowest BCUT2D eigenvalue weighted by Crippen LogP contribution is -2.48. The Labute approximate surface area is 368 Å². The van der Waals surface area contributed by atoms with Crippen LogP contribution in [0.1, 0.15) is 277 Å². The zero-order chi connectivity index (χ0) is 43.0. The molecule has 4 N–H and O–H groups in total. The highest BCUT2D eigenvalue weighted by Gasteiger charge is 2.22. The van der Waals surface area contributed by atoms with Crippen LogP contribution in [0.5, 0.6) is 0 Å². The number of carbonyl (C=O) groups is 1. The summed E-state index contributed by atoms with van der Waals surface area (Å²) in [4.78, 5) is 12.5. The molecular formula is C54H103NO4. The zero-order valence-corrected chi connectivity index (χ0v) is 39.6. The summed E-state index contributed by atoms with van der Waals surface area (Å²) in [5.74, 6) is -0.513. The Morgan fingerprint density at radius 1 is 0.407 bits per heavy atom. The van der Waals surface area contributed by atoms with E-state index < -0.39 is 24.2 Å². The Morgan fingerprint density at radius 2 is 0.695 bits per heavy atom. The molecule has 0 heterocycles. The van der Waals surface area contributed by atoms with Crippen LogP contribution in [0, 0.1) is 0 Å². The maximum Gasteiger partial charge on any atom is 0.249 e. The van der Waals surface area contributed by atoms with Gasteiger partial charge in [0.05, 0.1) is 18.8 Å². The first-order valence-corrected chi connectivity index (χ1v) is 26.3. The average Bonchev–Trinajstić information content (AvgIpc) is 3.24. The monoisotopic (exact) mass is 830 g/mol. The molecule has 0 fully saturated rings. The molecule has 0 aromatic carbocycles. The van der Waals surface area contributed by atoms with Crippen molar-refractivity contribution < 1.29 is 20.1 Å². The van der Waals surface area contributed by atoms with Crippen LogP contribution in [0.2, 0.25) is 0 Å². The van der Waals surface area contributed by atoms with Gasteiger partial charge in [-0.15, -0.1) is 0 Å². The number of unbranched alkanes of at least 4 members (excludes halogenated alkanes) is 36. The molecule has 0 rings (SSSR count). The van der Waals surface area contributed by atoms with Gasteiger partial charge in [-0.1, -0.05) is 269 Å². The average molecular weight is 830 g/mol. The van der Waals surface area contributed by atoms with E-state index in [9.17, 15) is 20.1 Å². The van der Waals surface area contributed by atoms with Crippen molar-refractivity contribution in [3.63, 3.8) is 0 Å². The van der Waals surface area contributed by atoms with Crippen molar-refractivity contribution in [3.8, 4) is 0 Å². The highest BCUT2D eigenvalue weighted by Crippen LogP contribution is 2.17. The second-order valence-corrected chi connectivity index (χ2v) is 18.1. The first-order valence-electron chi connectivity index (χ1n) is 26.3. The van der Waals surface area contributed by atoms with Gasteiger partial charge < -0.3 is 20.6 Å². The van der Waals surface area contributed by atoms with Gasteiger partial charge in [0.1, 0.15) is 6.10 Å². The summed E-state index contributed by atoms with van der Waals surface area (Å²) < 4.78 is 0. The summed E-state index contributed by atoms with van der Waals surface area (Å²) in [5.41, 5.74) is 0. The topological polar surface area (TPSA) is 89.8 Å². The van der Waals surface area contributed by atoms with Gasteiger partial charge in [0.25, 0.3) is 0 Å². The SMILES string of the molecule is CCCCCCCCCCCCCCCCC/C=C/CC/C=C/CC/C=C/C(O)C(CO)NC(=O)C(O)CCCCCCCCCCCCCCCCCCCCCC. The lowest BCUT2D eigenvalue weighted by molar-refractivity contribution is -0.131. The van der Waals surface area contributed by atoms with Crippen LogP contribution in [0.25, 0.3) is 0 Å². The fourth-order valence-corrected chi connectivity index (χ4v) is 8.10. The zero-order valence-electron chi connectivity index (χ0n) is 39.6. The lowest BCUT2D eigenvalue weighted by Gasteiger charge is -2.21. The van der Waals surface area contributed by atoms with Crippen molar-refractivity contribution >= 4 is 5.91 Å². The van der Waals surface area contributed by atoms with Gasteiger partial charge in [0.15, 0.2) is 0 Å². The molecule has 3 atom stereocenters. The third-order valence-corrected chi connectivity index (χ3v) is 12.2. The highest BCUT2D eigenvalue weighted by atomic mass is 16.3.